The Balaban J connectivity index is 2.13. The highest BCUT2D eigenvalue weighted by molar-refractivity contribution is 5.75. The lowest BCUT2D eigenvalue weighted by Crippen LogP contribution is -2.20. The summed E-state index contributed by atoms with van der Waals surface area (Å²) >= 11 is 0. The summed E-state index contributed by atoms with van der Waals surface area (Å²) in [5.41, 5.74) is 0.132. The van der Waals surface area contributed by atoms with Crippen LogP contribution in [0.5, 0.6) is 5.75 Å². The van der Waals surface area contributed by atoms with Crippen molar-refractivity contribution in [2.75, 3.05) is 5.32 Å². The van der Waals surface area contributed by atoms with Gasteiger partial charge in [0.1, 0.15) is 11.4 Å². The first kappa shape index (κ1) is 11.9. The number of rotatable bonds is 4. The number of hydrogen-bond acceptors (Lipinski definition) is 2. The Kier molecular flexibility index (Phi) is 3.96. The highest BCUT2D eigenvalue weighted by atomic mass is 19.1. The van der Waals surface area contributed by atoms with Crippen LogP contribution in [-0.2, 0) is 4.79 Å². The van der Waals surface area contributed by atoms with E-state index in [2.05, 4.69) is 5.32 Å². The van der Waals surface area contributed by atoms with Gasteiger partial charge in [0.15, 0.2) is 5.82 Å². The number of benzene rings is 1. The molecular weight excluding hydrogens is 221 g/mol. The highest BCUT2D eigenvalue weighted by Gasteiger charge is 2.17. The SMILES string of the molecule is O=CNc1c(F)cccc1OC1CCCCC1. The van der Waals surface area contributed by atoms with E-state index in [0.717, 1.165) is 25.7 Å². The normalized spacial score (nSPS) is 16.5. The lowest BCUT2D eigenvalue weighted by molar-refractivity contribution is -0.105. The van der Waals surface area contributed by atoms with Crippen LogP contribution in [0.15, 0.2) is 18.2 Å². The lowest BCUT2D eigenvalue weighted by Gasteiger charge is -2.24. The summed E-state index contributed by atoms with van der Waals surface area (Å²) < 4.78 is 19.2. The van der Waals surface area contributed by atoms with Crippen LogP contribution in [0.1, 0.15) is 32.1 Å². The van der Waals surface area contributed by atoms with Crippen molar-refractivity contribution in [3.8, 4) is 5.75 Å². The maximum Gasteiger partial charge on any atom is 0.211 e. The molecule has 1 N–H and O–H groups in total. The molecule has 4 heteroatoms. The van der Waals surface area contributed by atoms with E-state index in [1.54, 1.807) is 12.1 Å². The molecule has 0 atom stereocenters. The minimum atomic E-state index is -0.467. The number of nitrogens with one attached hydrogen (secondary N) is 1. The number of carbonyl (C=O) groups excluding carboxylic acids is 1. The minimum absolute atomic E-state index is 0.132. The number of ether oxygens (including phenoxy) is 1. The fourth-order valence-electron chi connectivity index (χ4n) is 2.16. The quantitative estimate of drug-likeness (QED) is 0.817. The second-order valence-corrected chi connectivity index (χ2v) is 4.25. The first-order valence-corrected chi connectivity index (χ1v) is 5.96. The zero-order valence-electron chi connectivity index (χ0n) is 9.62. The summed E-state index contributed by atoms with van der Waals surface area (Å²) in [5.74, 6) is -0.0468. The van der Waals surface area contributed by atoms with E-state index in [4.69, 9.17) is 4.74 Å². The van der Waals surface area contributed by atoms with Crippen LogP contribution in [0.2, 0.25) is 0 Å². The molecule has 1 amide bonds. The lowest BCUT2D eigenvalue weighted by atomic mass is 9.98. The molecule has 1 saturated carbocycles. The molecule has 92 valence electrons. The predicted molar refractivity (Wildman–Crippen MR) is 63.6 cm³/mol. The van der Waals surface area contributed by atoms with Gasteiger partial charge in [-0.3, -0.25) is 4.79 Å². The van der Waals surface area contributed by atoms with Gasteiger partial charge in [-0.25, -0.2) is 4.39 Å². The molecule has 0 spiro atoms. The first-order chi connectivity index (χ1) is 8.31. The van der Waals surface area contributed by atoms with Crippen molar-refractivity contribution in [3.05, 3.63) is 24.0 Å². The van der Waals surface area contributed by atoms with Gasteiger partial charge in [0, 0.05) is 0 Å². The molecule has 2 rings (SSSR count). The molecule has 1 aromatic rings. The summed E-state index contributed by atoms with van der Waals surface area (Å²) in [6.45, 7) is 0. The number of halogens is 1. The van der Waals surface area contributed by atoms with E-state index in [0.29, 0.717) is 12.2 Å². The van der Waals surface area contributed by atoms with Gasteiger partial charge in [0.05, 0.1) is 6.10 Å². The topological polar surface area (TPSA) is 38.3 Å². The molecule has 3 nitrogen and oxygen atoms in total. The molecule has 1 fully saturated rings. The monoisotopic (exact) mass is 237 g/mol. The second kappa shape index (κ2) is 5.66. The molecule has 0 unspecified atom stereocenters. The van der Waals surface area contributed by atoms with Gasteiger partial charge < -0.3 is 10.1 Å². The van der Waals surface area contributed by atoms with E-state index in [1.807, 2.05) is 0 Å². The van der Waals surface area contributed by atoms with Gasteiger partial charge in [-0.2, -0.15) is 0 Å². The average molecular weight is 237 g/mol. The number of para-hydroxylation sites is 1. The van der Waals surface area contributed by atoms with Crippen molar-refractivity contribution < 1.29 is 13.9 Å². The fourth-order valence-corrected chi connectivity index (χ4v) is 2.16. The molecule has 0 aliphatic heterocycles. The van der Waals surface area contributed by atoms with E-state index in [1.165, 1.54) is 12.5 Å². The van der Waals surface area contributed by atoms with E-state index in [-0.39, 0.29) is 11.8 Å². The summed E-state index contributed by atoms with van der Waals surface area (Å²) in [4.78, 5) is 10.4. The van der Waals surface area contributed by atoms with Crippen molar-refractivity contribution in [3.63, 3.8) is 0 Å². The Morgan fingerprint density at radius 2 is 2.06 bits per heavy atom. The van der Waals surface area contributed by atoms with Crippen molar-refractivity contribution in [1.82, 2.24) is 0 Å². The Bertz CT molecular complexity index is 389. The van der Waals surface area contributed by atoms with Crippen LogP contribution >= 0.6 is 0 Å². The Labute approximate surface area is 100.0 Å². The molecule has 17 heavy (non-hydrogen) atoms. The summed E-state index contributed by atoms with van der Waals surface area (Å²) in [6, 6.07) is 4.58. The number of anilines is 1. The fraction of sp³-hybridized carbons (Fsp3) is 0.462. The minimum Gasteiger partial charge on any atom is -0.488 e. The van der Waals surface area contributed by atoms with Crippen molar-refractivity contribution in [2.24, 2.45) is 0 Å². The van der Waals surface area contributed by atoms with Crippen LogP contribution < -0.4 is 10.1 Å². The second-order valence-electron chi connectivity index (χ2n) is 4.25. The van der Waals surface area contributed by atoms with Gasteiger partial charge in [-0.05, 0) is 37.8 Å². The standard InChI is InChI=1S/C13H16FNO2/c14-11-7-4-8-12(13(11)15-9-16)17-10-5-2-1-3-6-10/h4,7-10H,1-3,5-6H2,(H,15,16). The molecule has 0 aromatic heterocycles. The summed E-state index contributed by atoms with van der Waals surface area (Å²) in [6.07, 6.45) is 6.13. The smallest absolute Gasteiger partial charge is 0.211 e. The van der Waals surface area contributed by atoms with E-state index >= 15 is 0 Å². The maximum absolute atomic E-state index is 13.5. The Hall–Kier alpha value is -1.58. The van der Waals surface area contributed by atoms with Crippen molar-refractivity contribution in [2.45, 2.75) is 38.2 Å². The van der Waals surface area contributed by atoms with Crippen molar-refractivity contribution in [1.29, 1.82) is 0 Å². The van der Waals surface area contributed by atoms with Crippen LogP contribution in [0.25, 0.3) is 0 Å². The molecule has 0 saturated heterocycles. The predicted octanol–water partition coefficient (Wildman–Crippen LogP) is 3.11. The zero-order valence-corrected chi connectivity index (χ0v) is 9.62. The average Bonchev–Trinajstić information content (AvgIpc) is 2.35. The van der Waals surface area contributed by atoms with Crippen LogP contribution in [0, 0.1) is 5.82 Å². The van der Waals surface area contributed by atoms with Gasteiger partial charge in [0.2, 0.25) is 6.41 Å². The summed E-state index contributed by atoms with van der Waals surface area (Å²) in [5, 5.41) is 2.35. The van der Waals surface area contributed by atoms with Crippen molar-refractivity contribution >= 4 is 12.1 Å². The summed E-state index contributed by atoms with van der Waals surface area (Å²) in [7, 11) is 0. The number of hydrogen-bond donors (Lipinski definition) is 1. The molecular formula is C13H16FNO2. The number of carbonyl (C=O) groups is 1. The molecule has 1 aromatic carbocycles. The molecule has 1 aliphatic carbocycles. The third kappa shape index (κ3) is 2.96. The van der Waals surface area contributed by atoms with Gasteiger partial charge in [-0.15, -0.1) is 0 Å². The third-order valence-electron chi connectivity index (χ3n) is 3.02. The highest BCUT2D eigenvalue weighted by Crippen LogP contribution is 2.30. The third-order valence-corrected chi connectivity index (χ3v) is 3.02. The Morgan fingerprint density at radius 3 is 2.76 bits per heavy atom. The molecule has 0 radical (unpaired) electrons. The van der Waals surface area contributed by atoms with E-state index in [9.17, 15) is 9.18 Å². The zero-order chi connectivity index (χ0) is 12.1. The largest absolute Gasteiger partial charge is 0.488 e. The molecule has 1 aliphatic rings. The van der Waals surface area contributed by atoms with Gasteiger partial charge in [0.25, 0.3) is 0 Å². The van der Waals surface area contributed by atoms with Crippen LogP contribution in [0.4, 0.5) is 10.1 Å². The molecule has 0 heterocycles. The maximum atomic E-state index is 13.5. The van der Waals surface area contributed by atoms with Gasteiger partial charge in [-0.1, -0.05) is 12.5 Å². The van der Waals surface area contributed by atoms with E-state index < -0.39 is 5.82 Å². The first-order valence-electron chi connectivity index (χ1n) is 5.96. The molecule has 0 bridgehead atoms. The van der Waals surface area contributed by atoms with Crippen LogP contribution in [-0.4, -0.2) is 12.5 Å². The van der Waals surface area contributed by atoms with Gasteiger partial charge >= 0.3 is 0 Å². The Morgan fingerprint density at radius 1 is 1.29 bits per heavy atom. The van der Waals surface area contributed by atoms with Crippen LogP contribution in [0.3, 0.4) is 0 Å². The number of amides is 1.